The first kappa shape index (κ1) is 10.7. The van der Waals surface area contributed by atoms with Crippen LogP contribution in [-0.4, -0.2) is 17.3 Å². The molecule has 3 rings (SSSR count). The summed E-state index contributed by atoms with van der Waals surface area (Å²) in [6.45, 7) is 0. The highest BCUT2D eigenvalue weighted by Gasteiger charge is 2.08. The van der Waals surface area contributed by atoms with E-state index in [9.17, 15) is 10.2 Å². The number of hydrogen-bond acceptors (Lipinski definition) is 3. The maximum Gasteiger partial charge on any atom is 0.130 e. The minimum absolute atomic E-state index is 0.178. The highest BCUT2D eigenvalue weighted by molar-refractivity contribution is 6.11. The molecular weight excluding hydrogens is 228 g/mol. The summed E-state index contributed by atoms with van der Waals surface area (Å²) in [5.74, 6) is 1.04. The SMILES string of the molecule is COc1cc(O)cc2ccc3cc(O)ccc3c12. The standard InChI is InChI=1S/C15H12O3/c1-18-14-8-12(17)7-10-3-2-9-6-11(16)4-5-13(9)15(10)14/h2-8,16-17H,1H3. The molecule has 3 aromatic carbocycles. The van der Waals surface area contributed by atoms with Gasteiger partial charge in [0.15, 0.2) is 0 Å². The van der Waals surface area contributed by atoms with Gasteiger partial charge in [-0.1, -0.05) is 12.1 Å². The van der Waals surface area contributed by atoms with E-state index in [4.69, 9.17) is 4.74 Å². The van der Waals surface area contributed by atoms with E-state index in [1.54, 1.807) is 31.4 Å². The van der Waals surface area contributed by atoms with E-state index in [0.717, 1.165) is 21.5 Å². The van der Waals surface area contributed by atoms with Gasteiger partial charge >= 0.3 is 0 Å². The van der Waals surface area contributed by atoms with E-state index in [1.807, 2.05) is 18.2 Å². The van der Waals surface area contributed by atoms with Crippen molar-refractivity contribution in [3.05, 3.63) is 42.5 Å². The average Bonchev–Trinajstić information content (AvgIpc) is 2.37. The summed E-state index contributed by atoms with van der Waals surface area (Å²) in [6.07, 6.45) is 0. The lowest BCUT2D eigenvalue weighted by Gasteiger charge is -2.10. The third kappa shape index (κ3) is 1.52. The number of phenols is 2. The molecule has 0 fully saturated rings. The zero-order chi connectivity index (χ0) is 12.7. The quantitative estimate of drug-likeness (QED) is 0.641. The maximum atomic E-state index is 9.64. The maximum absolute atomic E-state index is 9.64. The van der Waals surface area contributed by atoms with Gasteiger partial charge in [-0.2, -0.15) is 0 Å². The summed E-state index contributed by atoms with van der Waals surface area (Å²) < 4.78 is 5.32. The summed E-state index contributed by atoms with van der Waals surface area (Å²) in [5, 5.41) is 22.9. The van der Waals surface area contributed by atoms with Gasteiger partial charge in [0.2, 0.25) is 0 Å². The van der Waals surface area contributed by atoms with Crippen LogP contribution in [0, 0.1) is 0 Å². The Morgan fingerprint density at radius 2 is 1.56 bits per heavy atom. The molecular formula is C15H12O3. The third-order valence-corrected chi connectivity index (χ3v) is 3.08. The first-order valence-corrected chi connectivity index (χ1v) is 5.61. The van der Waals surface area contributed by atoms with Crippen LogP contribution in [-0.2, 0) is 0 Å². The van der Waals surface area contributed by atoms with Crippen molar-refractivity contribution < 1.29 is 14.9 Å². The molecule has 0 amide bonds. The van der Waals surface area contributed by atoms with Gasteiger partial charge in [-0.05, 0) is 40.4 Å². The van der Waals surface area contributed by atoms with Gasteiger partial charge in [-0.25, -0.2) is 0 Å². The number of methoxy groups -OCH3 is 1. The smallest absolute Gasteiger partial charge is 0.130 e. The zero-order valence-corrected chi connectivity index (χ0v) is 9.84. The van der Waals surface area contributed by atoms with Crippen LogP contribution < -0.4 is 4.74 Å². The highest BCUT2D eigenvalue weighted by Crippen LogP contribution is 2.36. The first-order valence-electron chi connectivity index (χ1n) is 5.61. The second kappa shape index (κ2) is 3.81. The molecule has 0 bridgehead atoms. The molecule has 0 atom stereocenters. The van der Waals surface area contributed by atoms with Crippen LogP contribution >= 0.6 is 0 Å². The molecule has 0 spiro atoms. The fourth-order valence-electron chi connectivity index (χ4n) is 2.30. The van der Waals surface area contributed by atoms with Crippen molar-refractivity contribution in [2.75, 3.05) is 7.11 Å². The number of rotatable bonds is 1. The number of hydrogen-bond donors (Lipinski definition) is 2. The lowest BCUT2D eigenvalue weighted by atomic mass is 10.0. The molecule has 0 saturated heterocycles. The molecule has 0 aliphatic carbocycles. The molecule has 2 N–H and O–H groups in total. The van der Waals surface area contributed by atoms with Crippen molar-refractivity contribution in [3.63, 3.8) is 0 Å². The highest BCUT2D eigenvalue weighted by atomic mass is 16.5. The molecule has 0 aliphatic heterocycles. The summed E-state index contributed by atoms with van der Waals surface area (Å²) in [5.41, 5.74) is 0. The van der Waals surface area contributed by atoms with Crippen LogP contribution in [0.3, 0.4) is 0 Å². The van der Waals surface area contributed by atoms with Crippen LogP contribution in [0.5, 0.6) is 17.2 Å². The third-order valence-electron chi connectivity index (χ3n) is 3.08. The molecule has 3 aromatic rings. The molecule has 3 nitrogen and oxygen atoms in total. The van der Waals surface area contributed by atoms with E-state index in [0.29, 0.717) is 5.75 Å². The number of aromatic hydroxyl groups is 2. The number of benzene rings is 3. The van der Waals surface area contributed by atoms with Crippen molar-refractivity contribution in [3.8, 4) is 17.2 Å². The average molecular weight is 240 g/mol. The van der Waals surface area contributed by atoms with Crippen LogP contribution in [0.25, 0.3) is 21.5 Å². The number of phenolic OH excluding ortho intramolecular Hbond substituents is 2. The van der Waals surface area contributed by atoms with Gasteiger partial charge in [0.25, 0.3) is 0 Å². The summed E-state index contributed by atoms with van der Waals surface area (Å²) in [7, 11) is 1.58. The second-order valence-electron chi connectivity index (χ2n) is 4.22. The Kier molecular flexibility index (Phi) is 2.27. The van der Waals surface area contributed by atoms with Gasteiger partial charge in [0.05, 0.1) is 7.11 Å². The van der Waals surface area contributed by atoms with E-state index in [2.05, 4.69) is 0 Å². The van der Waals surface area contributed by atoms with Gasteiger partial charge in [0.1, 0.15) is 17.2 Å². The molecule has 0 radical (unpaired) electrons. The van der Waals surface area contributed by atoms with Crippen molar-refractivity contribution in [1.29, 1.82) is 0 Å². The number of fused-ring (bicyclic) bond motifs is 3. The van der Waals surface area contributed by atoms with Crippen LogP contribution in [0.2, 0.25) is 0 Å². The van der Waals surface area contributed by atoms with E-state index >= 15 is 0 Å². The molecule has 0 saturated carbocycles. The topological polar surface area (TPSA) is 49.7 Å². The zero-order valence-electron chi connectivity index (χ0n) is 9.84. The Morgan fingerprint density at radius 3 is 2.33 bits per heavy atom. The molecule has 0 aliphatic rings. The Labute approximate surface area is 104 Å². The molecule has 18 heavy (non-hydrogen) atoms. The van der Waals surface area contributed by atoms with E-state index in [-0.39, 0.29) is 11.5 Å². The molecule has 0 unspecified atom stereocenters. The van der Waals surface area contributed by atoms with E-state index in [1.165, 1.54) is 0 Å². The monoisotopic (exact) mass is 240 g/mol. The second-order valence-corrected chi connectivity index (χ2v) is 4.22. The molecule has 0 heterocycles. The van der Waals surface area contributed by atoms with Crippen LogP contribution in [0.4, 0.5) is 0 Å². The lowest BCUT2D eigenvalue weighted by Crippen LogP contribution is -1.86. The largest absolute Gasteiger partial charge is 0.508 e. The van der Waals surface area contributed by atoms with E-state index < -0.39 is 0 Å². The molecule has 0 aromatic heterocycles. The van der Waals surface area contributed by atoms with Crippen LogP contribution in [0.15, 0.2) is 42.5 Å². The van der Waals surface area contributed by atoms with Gasteiger partial charge < -0.3 is 14.9 Å². The van der Waals surface area contributed by atoms with Gasteiger partial charge in [-0.3, -0.25) is 0 Å². The van der Waals surface area contributed by atoms with Gasteiger partial charge in [0, 0.05) is 11.5 Å². The summed E-state index contributed by atoms with van der Waals surface area (Å²) in [4.78, 5) is 0. The predicted octanol–water partition coefficient (Wildman–Crippen LogP) is 3.41. The Morgan fingerprint density at radius 1 is 0.833 bits per heavy atom. The summed E-state index contributed by atoms with van der Waals surface area (Å²) in [6, 6.07) is 12.3. The fourth-order valence-corrected chi connectivity index (χ4v) is 2.30. The van der Waals surface area contributed by atoms with Gasteiger partial charge in [-0.15, -0.1) is 0 Å². The first-order chi connectivity index (χ1) is 8.69. The fraction of sp³-hybridized carbons (Fsp3) is 0.0667. The minimum atomic E-state index is 0.178. The summed E-state index contributed by atoms with van der Waals surface area (Å²) >= 11 is 0. The number of ether oxygens (including phenoxy) is 1. The normalized spacial score (nSPS) is 10.9. The van der Waals surface area contributed by atoms with Crippen molar-refractivity contribution >= 4 is 21.5 Å². The Balaban J connectivity index is 2.52. The van der Waals surface area contributed by atoms with Crippen molar-refractivity contribution in [2.24, 2.45) is 0 Å². The van der Waals surface area contributed by atoms with Crippen LogP contribution in [0.1, 0.15) is 0 Å². The molecule has 90 valence electrons. The predicted molar refractivity (Wildman–Crippen MR) is 71.3 cm³/mol. The minimum Gasteiger partial charge on any atom is -0.508 e. The Hall–Kier alpha value is -2.42. The Bertz CT molecular complexity index is 747. The van der Waals surface area contributed by atoms with Crippen molar-refractivity contribution in [1.82, 2.24) is 0 Å². The molecule has 3 heteroatoms. The van der Waals surface area contributed by atoms with Crippen molar-refractivity contribution in [2.45, 2.75) is 0 Å². The lowest BCUT2D eigenvalue weighted by molar-refractivity contribution is 0.413.